The minimum Gasteiger partial charge on any atom is -0.494 e. The SMILES string of the molecule is Oc1[nH]c2ccc(Cl)cc2c1C=Nc1cccc(Cl)c1Cl. The maximum atomic E-state index is 9.98. The van der Waals surface area contributed by atoms with E-state index in [2.05, 4.69) is 9.98 Å². The molecule has 0 saturated carbocycles. The topological polar surface area (TPSA) is 48.4 Å². The van der Waals surface area contributed by atoms with E-state index >= 15 is 0 Å². The second-order valence-corrected chi connectivity index (χ2v) is 5.63. The summed E-state index contributed by atoms with van der Waals surface area (Å²) in [5.41, 5.74) is 1.85. The molecule has 0 atom stereocenters. The summed E-state index contributed by atoms with van der Waals surface area (Å²) in [6, 6.07) is 10.5. The van der Waals surface area contributed by atoms with E-state index < -0.39 is 0 Å². The number of aromatic amines is 1. The molecular weight excluding hydrogens is 331 g/mol. The molecule has 2 N–H and O–H groups in total. The third-order valence-electron chi connectivity index (χ3n) is 3.04. The number of nitrogens with zero attached hydrogens (tertiary/aromatic N) is 1. The van der Waals surface area contributed by atoms with Crippen LogP contribution in [0.1, 0.15) is 5.56 Å². The third-order valence-corrected chi connectivity index (χ3v) is 4.09. The van der Waals surface area contributed by atoms with E-state index in [1.54, 1.807) is 36.4 Å². The highest BCUT2D eigenvalue weighted by molar-refractivity contribution is 6.43. The van der Waals surface area contributed by atoms with Crippen molar-refractivity contribution in [1.29, 1.82) is 0 Å². The minimum absolute atomic E-state index is 0.0224. The van der Waals surface area contributed by atoms with E-state index in [9.17, 15) is 5.11 Å². The fourth-order valence-corrected chi connectivity index (χ4v) is 2.54. The lowest BCUT2D eigenvalue weighted by atomic mass is 10.2. The van der Waals surface area contributed by atoms with Crippen molar-refractivity contribution in [2.24, 2.45) is 4.99 Å². The molecule has 1 aromatic heterocycles. The molecule has 0 aliphatic heterocycles. The number of halogens is 3. The van der Waals surface area contributed by atoms with Crippen molar-refractivity contribution in [3.05, 3.63) is 57.0 Å². The molecule has 0 aliphatic carbocycles. The number of H-pyrrole nitrogens is 1. The molecule has 0 unspecified atom stereocenters. The zero-order valence-corrected chi connectivity index (χ0v) is 12.8. The predicted octanol–water partition coefficient (Wildman–Crippen LogP) is 5.58. The fraction of sp³-hybridized carbons (Fsp3) is 0. The first-order valence-corrected chi connectivity index (χ1v) is 7.18. The molecule has 3 rings (SSSR count). The Kier molecular flexibility index (Phi) is 3.81. The zero-order chi connectivity index (χ0) is 15.0. The Balaban J connectivity index is 2.09. The van der Waals surface area contributed by atoms with Crippen molar-refractivity contribution in [2.75, 3.05) is 0 Å². The van der Waals surface area contributed by atoms with Gasteiger partial charge in [0, 0.05) is 22.1 Å². The highest BCUT2D eigenvalue weighted by Crippen LogP contribution is 2.33. The van der Waals surface area contributed by atoms with Crippen molar-refractivity contribution in [2.45, 2.75) is 0 Å². The van der Waals surface area contributed by atoms with Crippen molar-refractivity contribution in [3.8, 4) is 5.88 Å². The van der Waals surface area contributed by atoms with Crippen molar-refractivity contribution in [3.63, 3.8) is 0 Å². The van der Waals surface area contributed by atoms with E-state index in [4.69, 9.17) is 34.8 Å². The molecule has 2 aromatic carbocycles. The summed E-state index contributed by atoms with van der Waals surface area (Å²) in [6.07, 6.45) is 1.53. The Morgan fingerprint density at radius 3 is 2.71 bits per heavy atom. The van der Waals surface area contributed by atoms with Gasteiger partial charge in [0.05, 0.1) is 21.3 Å². The number of benzene rings is 2. The average Bonchev–Trinajstić information content (AvgIpc) is 2.76. The Bertz CT molecular complexity index is 855. The summed E-state index contributed by atoms with van der Waals surface area (Å²) in [5, 5.41) is 12.1. The summed E-state index contributed by atoms with van der Waals surface area (Å²) >= 11 is 18.0. The summed E-state index contributed by atoms with van der Waals surface area (Å²) in [4.78, 5) is 7.15. The molecule has 0 spiro atoms. The first kappa shape index (κ1) is 14.3. The van der Waals surface area contributed by atoms with Gasteiger partial charge in [0.1, 0.15) is 0 Å². The normalized spacial score (nSPS) is 11.6. The van der Waals surface area contributed by atoms with Crippen LogP contribution in [0.3, 0.4) is 0 Å². The third kappa shape index (κ3) is 2.72. The second kappa shape index (κ2) is 5.60. The van der Waals surface area contributed by atoms with Crippen LogP contribution in [0.4, 0.5) is 5.69 Å². The lowest BCUT2D eigenvalue weighted by Gasteiger charge is -1.99. The largest absolute Gasteiger partial charge is 0.494 e. The van der Waals surface area contributed by atoms with Crippen molar-refractivity contribution in [1.82, 2.24) is 4.98 Å². The van der Waals surface area contributed by atoms with Crippen LogP contribution in [-0.2, 0) is 0 Å². The maximum Gasteiger partial charge on any atom is 0.198 e. The van der Waals surface area contributed by atoms with Gasteiger partial charge in [0.25, 0.3) is 0 Å². The molecular formula is C15H9Cl3N2O. The van der Waals surface area contributed by atoms with Gasteiger partial charge >= 0.3 is 0 Å². The summed E-state index contributed by atoms with van der Waals surface area (Å²) in [6.45, 7) is 0. The number of nitrogens with one attached hydrogen (secondary N) is 1. The lowest BCUT2D eigenvalue weighted by molar-refractivity contribution is 0.457. The second-order valence-electron chi connectivity index (χ2n) is 4.41. The van der Waals surface area contributed by atoms with Crippen LogP contribution in [0.2, 0.25) is 15.1 Å². The molecule has 0 bridgehead atoms. The molecule has 0 amide bonds. The lowest BCUT2D eigenvalue weighted by Crippen LogP contribution is -1.80. The molecule has 0 saturated heterocycles. The predicted molar refractivity (Wildman–Crippen MR) is 88.7 cm³/mol. The number of aromatic hydroxyl groups is 1. The molecule has 1 heterocycles. The van der Waals surface area contributed by atoms with E-state index in [1.165, 1.54) is 6.21 Å². The van der Waals surface area contributed by atoms with Crippen LogP contribution in [0.15, 0.2) is 41.4 Å². The molecule has 3 nitrogen and oxygen atoms in total. The van der Waals surface area contributed by atoms with Gasteiger partial charge in [0.2, 0.25) is 0 Å². The van der Waals surface area contributed by atoms with Crippen LogP contribution in [-0.4, -0.2) is 16.3 Å². The van der Waals surface area contributed by atoms with Gasteiger partial charge in [-0.1, -0.05) is 40.9 Å². The molecule has 6 heteroatoms. The smallest absolute Gasteiger partial charge is 0.198 e. The summed E-state index contributed by atoms with van der Waals surface area (Å²) in [5.74, 6) is 0.0224. The van der Waals surface area contributed by atoms with Gasteiger partial charge in [0.15, 0.2) is 5.88 Å². The van der Waals surface area contributed by atoms with Crippen molar-refractivity contribution < 1.29 is 5.11 Å². The Labute approximate surface area is 135 Å². The first-order valence-electron chi connectivity index (χ1n) is 6.04. The Morgan fingerprint density at radius 1 is 1.10 bits per heavy atom. The van der Waals surface area contributed by atoms with Crippen LogP contribution in [0, 0.1) is 0 Å². The van der Waals surface area contributed by atoms with Gasteiger partial charge < -0.3 is 10.1 Å². The maximum absolute atomic E-state index is 9.98. The number of rotatable bonds is 2. The summed E-state index contributed by atoms with van der Waals surface area (Å²) in [7, 11) is 0. The van der Waals surface area contributed by atoms with Gasteiger partial charge in [-0.05, 0) is 30.3 Å². The number of fused-ring (bicyclic) bond motifs is 1. The van der Waals surface area contributed by atoms with E-state index in [0.29, 0.717) is 26.3 Å². The van der Waals surface area contributed by atoms with E-state index in [0.717, 1.165) is 10.9 Å². The monoisotopic (exact) mass is 338 g/mol. The molecule has 0 fully saturated rings. The summed E-state index contributed by atoms with van der Waals surface area (Å²) < 4.78 is 0. The van der Waals surface area contributed by atoms with Crippen LogP contribution in [0.25, 0.3) is 10.9 Å². The van der Waals surface area contributed by atoms with Gasteiger partial charge in [-0.25, -0.2) is 0 Å². The minimum atomic E-state index is 0.0224. The zero-order valence-electron chi connectivity index (χ0n) is 10.6. The molecule has 21 heavy (non-hydrogen) atoms. The quantitative estimate of drug-likeness (QED) is 0.588. The first-order chi connectivity index (χ1) is 10.1. The number of hydrogen-bond acceptors (Lipinski definition) is 2. The van der Waals surface area contributed by atoms with Crippen LogP contribution in [0.5, 0.6) is 5.88 Å². The van der Waals surface area contributed by atoms with E-state index in [-0.39, 0.29) is 5.88 Å². The van der Waals surface area contributed by atoms with Crippen LogP contribution >= 0.6 is 34.8 Å². The average molecular weight is 340 g/mol. The number of aromatic nitrogens is 1. The Morgan fingerprint density at radius 2 is 1.90 bits per heavy atom. The van der Waals surface area contributed by atoms with Gasteiger partial charge in [-0.2, -0.15) is 0 Å². The van der Waals surface area contributed by atoms with Crippen molar-refractivity contribution >= 4 is 57.6 Å². The van der Waals surface area contributed by atoms with E-state index in [1.807, 2.05) is 0 Å². The van der Waals surface area contributed by atoms with Gasteiger partial charge in [-0.15, -0.1) is 0 Å². The van der Waals surface area contributed by atoms with Crippen LogP contribution < -0.4 is 0 Å². The number of hydrogen-bond donors (Lipinski definition) is 2. The fourth-order valence-electron chi connectivity index (χ4n) is 2.03. The Hall–Kier alpha value is -1.68. The highest BCUT2D eigenvalue weighted by atomic mass is 35.5. The molecule has 0 aliphatic rings. The highest BCUT2D eigenvalue weighted by Gasteiger charge is 2.10. The molecule has 0 radical (unpaired) electrons. The number of aliphatic imine (C=N–C) groups is 1. The molecule has 106 valence electrons. The molecule has 3 aromatic rings. The van der Waals surface area contributed by atoms with Gasteiger partial charge in [-0.3, -0.25) is 4.99 Å². The standard InChI is InChI=1S/C15H9Cl3N2O/c16-8-4-5-12-9(6-8)10(15(21)20-12)7-19-13-3-1-2-11(17)14(13)18/h1-7,20-21H.